The third kappa shape index (κ3) is 5.02. The van der Waals surface area contributed by atoms with Gasteiger partial charge >= 0.3 is 0 Å². The first-order valence-electron chi connectivity index (χ1n) is 6.20. The summed E-state index contributed by atoms with van der Waals surface area (Å²) >= 11 is 11.7. The number of nitrogens with zero attached hydrogens (tertiary/aromatic N) is 1. The maximum atomic E-state index is 12.7. The molecular weight excluding hydrogens is 330 g/mol. The zero-order chi connectivity index (χ0) is 15.9. The minimum Gasteiger partial charge on any atom is -0.482 e. The fraction of sp³-hybridized carbons (Fsp3) is 0.0667. The maximum Gasteiger partial charge on any atom is 0.277 e. The van der Waals surface area contributed by atoms with Crippen LogP contribution in [0, 0.1) is 5.82 Å². The highest BCUT2D eigenvalue weighted by Gasteiger charge is 2.05. The van der Waals surface area contributed by atoms with Gasteiger partial charge in [0.1, 0.15) is 11.6 Å². The molecule has 0 atom stereocenters. The van der Waals surface area contributed by atoms with Crippen LogP contribution in [0.25, 0.3) is 0 Å². The molecule has 0 unspecified atom stereocenters. The van der Waals surface area contributed by atoms with E-state index in [4.69, 9.17) is 27.9 Å². The van der Waals surface area contributed by atoms with Crippen LogP contribution >= 0.6 is 23.2 Å². The number of hydrazone groups is 1. The molecule has 2 aromatic carbocycles. The number of carbonyl (C=O) groups is 1. The van der Waals surface area contributed by atoms with Crippen molar-refractivity contribution >= 4 is 35.3 Å². The van der Waals surface area contributed by atoms with E-state index in [0.29, 0.717) is 21.4 Å². The Morgan fingerprint density at radius 2 is 1.95 bits per heavy atom. The van der Waals surface area contributed by atoms with Crippen LogP contribution in [0.4, 0.5) is 4.39 Å². The second-order valence-electron chi connectivity index (χ2n) is 4.21. The zero-order valence-electron chi connectivity index (χ0n) is 11.2. The van der Waals surface area contributed by atoms with Crippen molar-refractivity contribution in [2.75, 3.05) is 6.61 Å². The second-order valence-corrected chi connectivity index (χ2v) is 5.05. The van der Waals surface area contributed by atoms with Crippen LogP contribution in [-0.4, -0.2) is 18.7 Å². The van der Waals surface area contributed by atoms with E-state index in [0.717, 1.165) is 0 Å². The summed E-state index contributed by atoms with van der Waals surface area (Å²) in [6, 6.07) is 10.4. The van der Waals surface area contributed by atoms with Gasteiger partial charge in [0.25, 0.3) is 5.91 Å². The summed E-state index contributed by atoms with van der Waals surface area (Å²) in [7, 11) is 0. The van der Waals surface area contributed by atoms with Crippen molar-refractivity contribution in [2.24, 2.45) is 5.10 Å². The average Bonchev–Trinajstić information content (AvgIpc) is 2.48. The van der Waals surface area contributed by atoms with Crippen LogP contribution in [0.3, 0.4) is 0 Å². The molecule has 0 saturated heterocycles. The van der Waals surface area contributed by atoms with Crippen LogP contribution < -0.4 is 10.2 Å². The number of benzene rings is 2. The lowest BCUT2D eigenvalue weighted by atomic mass is 10.2. The van der Waals surface area contributed by atoms with Crippen molar-refractivity contribution in [1.82, 2.24) is 5.43 Å². The molecule has 0 aromatic heterocycles. The van der Waals surface area contributed by atoms with E-state index in [1.165, 1.54) is 36.5 Å². The van der Waals surface area contributed by atoms with Crippen molar-refractivity contribution in [3.05, 3.63) is 63.9 Å². The number of nitrogens with one attached hydrogen (secondary N) is 1. The Labute approximate surface area is 136 Å². The molecule has 0 aliphatic carbocycles. The van der Waals surface area contributed by atoms with Crippen molar-refractivity contribution in [1.29, 1.82) is 0 Å². The topological polar surface area (TPSA) is 50.7 Å². The molecule has 2 rings (SSSR count). The molecule has 0 saturated carbocycles. The molecule has 22 heavy (non-hydrogen) atoms. The highest BCUT2D eigenvalue weighted by molar-refractivity contribution is 6.35. The normalized spacial score (nSPS) is 10.7. The standard InChI is InChI=1S/C15H11Cl2FN2O2/c16-11-3-6-14(13(17)7-11)22-9-15(21)20-19-8-10-1-4-12(18)5-2-10/h1-8H,9H2,(H,20,21)/b19-8-. The number of hydrogen-bond acceptors (Lipinski definition) is 3. The number of amides is 1. The number of ether oxygens (including phenoxy) is 1. The van der Waals surface area contributed by atoms with Gasteiger partial charge in [-0.25, -0.2) is 9.82 Å². The summed E-state index contributed by atoms with van der Waals surface area (Å²) in [6.07, 6.45) is 1.40. The molecule has 0 spiro atoms. The van der Waals surface area contributed by atoms with E-state index in [9.17, 15) is 9.18 Å². The zero-order valence-corrected chi connectivity index (χ0v) is 12.7. The Balaban J connectivity index is 1.81. The van der Waals surface area contributed by atoms with Crippen molar-refractivity contribution < 1.29 is 13.9 Å². The fourth-order valence-electron chi connectivity index (χ4n) is 1.50. The molecule has 0 radical (unpaired) electrons. The molecule has 0 aliphatic rings. The van der Waals surface area contributed by atoms with Gasteiger partial charge in [-0.2, -0.15) is 5.10 Å². The van der Waals surface area contributed by atoms with E-state index >= 15 is 0 Å². The van der Waals surface area contributed by atoms with Gasteiger partial charge in [0.15, 0.2) is 6.61 Å². The summed E-state index contributed by atoms with van der Waals surface area (Å²) in [5.74, 6) is -0.442. The lowest BCUT2D eigenvalue weighted by Gasteiger charge is -2.06. The maximum absolute atomic E-state index is 12.7. The Kier molecular flexibility index (Phi) is 5.75. The van der Waals surface area contributed by atoms with Crippen LogP contribution in [0.15, 0.2) is 47.6 Å². The van der Waals surface area contributed by atoms with E-state index in [-0.39, 0.29) is 12.4 Å². The molecule has 0 heterocycles. The first-order chi connectivity index (χ1) is 10.5. The monoisotopic (exact) mass is 340 g/mol. The Morgan fingerprint density at radius 1 is 1.23 bits per heavy atom. The summed E-state index contributed by atoms with van der Waals surface area (Å²) < 4.78 is 18.0. The van der Waals surface area contributed by atoms with E-state index in [2.05, 4.69) is 10.5 Å². The minimum atomic E-state index is -0.454. The average molecular weight is 341 g/mol. The highest BCUT2D eigenvalue weighted by Crippen LogP contribution is 2.27. The summed E-state index contributed by atoms with van der Waals surface area (Å²) in [6.45, 7) is -0.248. The van der Waals surface area contributed by atoms with Crippen molar-refractivity contribution in [2.45, 2.75) is 0 Å². The Morgan fingerprint density at radius 3 is 2.64 bits per heavy atom. The molecule has 114 valence electrons. The van der Waals surface area contributed by atoms with Gasteiger partial charge in [0.05, 0.1) is 11.2 Å². The summed E-state index contributed by atoms with van der Waals surface area (Å²) in [4.78, 5) is 11.6. The molecular formula is C15H11Cl2FN2O2. The predicted octanol–water partition coefficient (Wildman–Crippen LogP) is 3.66. The lowest BCUT2D eigenvalue weighted by molar-refractivity contribution is -0.123. The van der Waals surface area contributed by atoms with Gasteiger partial charge in [-0.3, -0.25) is 4.79 Å². The number of rotatable bonds is 5. The largest absolute Gasteiger partial charge is 0.482 e. The fourth-order valence-corrected chi connectivity index (χ4v) is 1.96. The molecule has 0 aliphatic heterocycles. The van der Waals surface area contributed by atoms with E-state index in [1.54, 1.807) is 12.1 Å². The van der Waals surface area contributed by atoms with Crippen LogP contribution in [-0.2, 0) is 4.79 Å². The molecule has 1 amide bonds. The van der Waals surface area contributed by atoms with Gasteiger partial charge in [0.2, 0.25) is 0 Å². The molecule has 0 bridgehead atoms. The van der Waals surface area contributed by atoms with Crippen LogP contribution in [0.2, 0.25) is 10.0 Å². The van der Waals surface area contributed by atoms with Crippen LogP contribution in [0.1, 0.15) is 5.56 Å². The van der Waals surface area contributed by atoms with Crippen molar-refractivity contribution in [3.63, 3.8) is 0 Å². The Hall–Kier alpha value is -2.11. The first-order valence-corrected chi connectivity index (χ1v) is 6.95. The second kappa shape index (κ2) is 7.77. The summed E-state index contributed by atoms with van der Waals surface area (Å²) in [5, 5.41) is 4.53. The number of halogens is 3. The molecule has 7 heteroatoms. The third-order valence-corrected chi connectivity index (χ3v) is 3.06. The van der Waals surface area contributed by atoms with Crippen LogP contribution in [0.5, 0.6) is 5.75 Å². The van der Waals surface area contributed by atoms with Gasteiger partial charge in [-0.05, 0) is 35.9 Å². The molecule has 1 N–H and O–H groups in total. The number of hydrogen-bond donors (Lipinski definition) is 1. The predicted molar refractivity (Wildman–Crippen MR) is 84.1 cm³/mol. The molecule has 2 aromatic rings. The number of carbonyl (C=O) groups excluding carboxylic acids is 1. The quantitative estimate of drug-likeness (QED) is 0.667. The smallest absolute Gasteiger partial charge is 0.277 e. The first kappa shape index (κ1) is 16.3. The SMILES string of the molecule is O=C(COc1ccc(Cl)cc1Cl)N/N=C\c1ccc(F)cc1. The minimum absolute atomic E-state index is 0.248. The van der Waals surface area contributed by atoms with E-state index < -0.39 is 5.91 Å². The Bertz CT molecular complexity index is 690. The van der Waals surface area contributed by atoms with E-state index in [1.807, 2.05) is 0 Å². The molecule has 0 fully saturated rings. The van der Waals surface area contributed by atoms with Gasteiger partial charge in [0, 0.05) is 5.02 Å². The van der Waals surface area contributed by atoms with Gasteiger partial charge in [-0.15, -0.1) is 0 Å². The third-order valence-electron chi connectivity index (χ3n) is 2.53. The lowest BCUT2D eigenvalue weighted by Crippen LogP contribution is -2.24. The van der Waals surface area contributed by atoms with Gasteiger partial charge in [-0.1, -0.05) is 35.3 Å². The van der Waals surface area contributed by atoms with Crippen molar-refractivity contribution in [3.8, 4) is 5.75 Å². The van der Waals surface area contributed by atoms with Gasteiger partial charge < -0.3 is 4.74 Å². The highest BCUT2D eigenvalue weighted by atomic mass is 35.5. The molecule has 4 nitrogen and oxygen atoms in total. The summed E-state index contributed by atoms with van der Waals surface area (Å²) in [5.41, 5.74) is 2.95.